The van der Waals surface area contributed by atoms with Crippen LogP contribution in [0.4, 0.5) is 0 Å². The van der Waals surface area contributed by atoms with Gasteiger partial charge in [-0.25, -0.2) is 4.79 Å². The van der Waals surface area contributed by atoms with Gasteiger partial charge < -0.3 is 48.7 Å². The summed E-state index contributed by atoms with van der Waals surface area (Å²) in [5.74, 6) is -5.71. The highest BCUT2D eigenvalue weighted by atomic mass is 32.2. The molecule has 12 N–H and O–H groups in total. The van der Waals surface area contributed by atoms with Crippen LogP contribution in [0.15, 0.2) is 35.3 Å². The summed E-state index contributed by atoms with van der Waals surface area (Å²) < 4.78 is 0. The van der Waals surface area contributed by atoms with Crippen LogP contribution < -0.4 is 38.5 Å². The first kappa shape index (κ1) is 40.6. The SMILES string of the molecule is CSCC[C@H](NC(=O)[C@@H](N)Cc1ccccc1)C(=O)N[C@@H](CCC(=O)O)C(=O)N[C@@H](CCCN=C(N)N)C(=O)N[C@H](C(=O)O)C(C)C. The lowest BCUT2D eigenvalue weighted by atomic mass is 10.0. The van der Waals surface area contributed by atoms with E-state index in [2.05, 4.69) is 26.3 Å². The maximum Gasteiger partial charge on any atom is 0.326 e. The van der Waals surface area contributed by atoms with Crippen molar-refractivity contribution in [2.24, 2.45) is 28.1 Å². The number of rotatable bonds is 22. The summed E-state index contributed by atoms with van der Waals surface area (Å²) in [5.41, 5.74) is 17.6. The van der Waals surface area contributed by atoms with Gasteiger partial charge in [-0.1, -0.05) is 44.2 Å². The van der Waals surface area contributed by atoms with Crippen LogP contribution in [-0.2, 0) is 35.2 Å². The molecular weight excluding hydrogens is 632 g/mol. The molecule has 17 heteroatoms. The molecule has 1 aromatic rings. The number of benzene rings is 1. The molecule has 1 rings (SSSR count). The van der Waals surface area contributed by atoms with Crippen LogP contribution in [-0.4, -0.2) is 101 Å². The molecule has 0 aliphatic carbocycles. The van der Waals surface area contributed by atoms with Crippen molar-refractivity contribution in [1.29, 1.82) is 0 Å². The van der Waals surface area contributed by atoms with Crippen LogP contribution in [0.1, 0.15) is 51.5 Å². The second kappa shape index (κ2) is 21.4. The van der Waals surface area contributed by atoms with Crippen LogP contribution in [0.2, 0.25) is 0 Å². The highest BCUT2D eigenvalue weighted by molar-refractivity contribution is 7.98. The first-order chi connectivity index (χ1) is 22.2. The topological polar surface area (TPSA) is 281 Å². The van der Waals surface area contributed by atoms with Gasteiger partial charge in [0.05, 0.1) is 6.04 Å². The molecule has 0 bridgehead atoms. The Balaban J connectivity index is 3.17. The Kier molecular flexibility index (Phi) is 18.5. The summed E-state index contributed by atoms with van der Waals surface area (Å²) in [7, 11) is 0. The molecule has 0 aliphatic heterocycles. The molecule has 5 atom stereocenters. The molecule has 0 aromatic heterocycles. The number of aliphatic imine (C=N–C) groups is 1. The van der Waals surface area contributed by atoms with Crippen LogP contribution in [0.5, 0.6) is 0 Å². The number of hydrogen-bond acceptors (Lipinski definition) is 9. The van der Waals surface area contributed by atoms with Crippen LogP contribution in [0, 0.1) is 5.92 Å². The largest absolute Gasteiger partial charge is 0.481 e. The average molecular weight is 681 g/mol. The zero-order valence-electron chi connectivity index (χ0n) is 26.9. The third-order valence-electron chi connectivity index (χ3n) is 6.97. The molecule has 0 heterocycles. The number of aliphatic carboxylic acids is 2. The van der Waals surface area contributed by atoms with Crippen molar-refractivity contribution in [3.63, 3.8) is 0 Å². The number of guanidine groups is 1. The second-order valence-corrected chi connectivity index (χ2v) is 12.2. The summed E-state index contributed by atoms with van der Waals surface area (Å²) in [6, 6.07) is 3.07. The van der Waals surface area contributed by atoms with Crippen molar-refractivity contribution in [3.05, 3.63) is 35.9 Å². The lowest BCUT2D eigenvalue weighted by molar-refractivity contribution is -0.143. The van der Waals surface area contributed by atoms with E-state index >= 15 is 0 Å². The molecule has 0 fully saturated rings. The van der Waals surface area contributed by atoms with Gasteiger partial charge in [0.1, 0.15) is 24.2 Å². The van der Waals surface area contributed by atoms with Gasteiger partial charge in [-0.3, -0.25) is 29.0 Å². The predicted octanol–water partition coefficient (Wildman–Crippen LogP) is -1.09. The van der Waals surface area contributed by atoms with E-state index in [0.717, 1.165) is 5.56 Å². The Morgan fingerprint density at radius 1 is 0.809 bits per heavy atom. The van der Waals surface area contributed by atoms with E-state index in [1.165, 1.54) is 11.8 Å². The maximum atomic E-state index is 13.5. The number of carboxylic acids is 2. The van der Waals surface area contributed by atoms with Gasteiger partial charge in [0.15, 0.2) is 5.96 Å². The van der Waals surface area contributed by atoms with Crippen LogP contribution in [0.3, 0.4) is 0 Å². The number of carbonyl (C=O) groups excluding carboxylic acids is 4. The Morgan fingerprint density at radius 2 is 1.34 bits per heavy atom. The van der Waals surface area contributed by atoms with E-state index in [9.17, 15) is 39.0 Å². The summed E-state index contributed by atoms with van der Waals surface area (Å²) in [4.78, 5) is 79.9. The molecule has 0 saturated heterocycles. The molecule has 0 radical (unpaired) electrons. The fourth-order valence-electron chi connectivity index (χ4n) is 4.37. The van der Waals surface area contributed by atoms with Gasteiger partial charge in [-0.05, 0) is 55.6 Å². The molecule has 47 heavy (non-hydrogen) atoms. The molecular formula is C30H48N8O8S. The van der Waals surface area contributed by atoms with Crippen molar-refractivity contribution in [2.45, 2.75) is 82.6 Å². The first-order valence-electron chi connectivity index (χ1n) is 15.2. The molecule has 0 aliphatic rings. The minimum absolute atomic E-state index is 0.00983. The van der Waals surface area contributed by atoms with Gasteiger partial charge in [-0.2, -0.15) is 11.8 Å². The molecule has 4 amide bonds. The Labute approximate surface area is 278 Å². The summed E-state index contributed by atoms with van der Waals surface area (Å²) in [6.07, 6.45) is 1.59. The van der Waals surface area contributed by atoms with Gasteiger partial charge in [0.2, 0.25) is 23.6 Å². The average Bonchev–Trinajstić information content (AvgIpc) is 3.00. The highest BCUT2D eigenvalue weighted by Gasteiger charge is 2.32. The van der Waals surface area contributed by atoms with E-state index in [-0.39, 0.29) is 44.6 Å². The summed E-state index contributed by atoms with van der Waals surface area (Å²) >= 11 is 1.43. The molecule has 0 unspecified atom stereocenters. The van der Waals surface area contributed by atoms with Crippen LogP contribution in [0.25, 0.3) is 0 Å². The fraction of sp³-hybridized carbons (Fsp3) is 0.567. The normalized spacial score (nSPS) is 14.1. The summed E-state index contributed by atoms with van der Waals surface area (Å²) in [6.45, 7) is 3.31. The third-order valence-corrected chi connectivity index (χ3v) is 7.61. The van der Waals surface area contributed by atoms with Crippen LogP contribution >= 0.6 is 11.8 Å². The quantitative estimate of drug-likeness (QED) is 0.0401. The molecule has 0 saturated carbocycles. The second-order valence-electron chi connectivity index (χ2n) is 11.2. The fourth-order valence-corrected chi connectivity index (χ4v) is 4.84. The maximum absolute atomic E-state index is 13.5. The minimum atomic E-state index is -1.42. The Morgan fingerprint density at radius 3 is 1.85 bits per heavy atom. The zero-order chi connectivity index (χ0) is 35.5. The van der Waals surface area contributed by atoms with Gasteiger partial charge >= 0.3 is 11.9 Å². The van der Waals surface area contributed by atoms with Crippen molar-refractivity contribution in [3.8, 4) is 0 Å². The lowest BCUT2D eigenvalue weighted by Crippen LogP contribution is -2.59. The number of carbonyl (C=O) groups is 6. The lowest BCUT2D eigenvalue weighted by Gasteiger charge is -2.27. The molecule has 1 aromatic carbocycles. The van der Waals surface area contributed by atoms with Crippen molar-refractivity contribution < 1.29 is 39.0 Å². The van der Waals surface area contributed by atoms with Crippen molar-refractivity contribution >= 4 is 53.3 Å². The number of nitrogens with zero attached hydrogens (tertiary/aromatic N) is 1. The summed E-state index contributed by atoms with van der Waals surface area (Å²) in [5, 5.41) is 28.9. The Bertz CT molecular complexity index is 1230. The van der Waals surface area contributed by atoms with E-state index in [1.54, 1.807) is 13.8 Å². The minimum Gasteiger partial charge on any atom is -0.481 e. The number of carboxylic acid groups (broad SMARTS) is 2. The van der Waals surface area contributed by atoms with Gasteiger partial charge in [-0.15, -0.1) is 0 Å². The number of nitrogens with two attached hydrogens (primary N) is 3. The first-order valence-corrected chi connectivity index (χ1v) is 16.6. The smallest absolute Gasteiger partial charge is 0.326 e. The molecule has 0 spiro atoms. The van der Waals surface area contributed by atoms with Gasteiger partial charge in [0, 0.05) is 13.0 Å². The monoisotopic (exact) mass is 680 g/mol. The Hall–Kier alpha value is -4.38. The highest BCUT2D eigenvalue weighted by Crippen LogP contribution is 2.09. The van der Waals surface area contributed by atoms with Crippen molar-refractivity contribution in [2.75, 3.05) is 18.6 Å². The van der Waals surface area contributed by atoms with Crippen molar-refractivity contribution in [1.82, 2.24) is 21.3 Å². The number of nitrogens with one attached hydrogen (secondary N) is 4. The molecule has 262 valence electrons. The third kappa shape index (κ3) is 16.1. The number of amides is 4. The predicted molar refractivity (Wildman–Crippen MR) is 178 cm³/mol. The van der Waals surface area contributed by atoms with Gasteiger partial charge in [0.25, 0.3) is 0 Å². The van der Waals surface area contributed by atoms with E-state index < -0.39 is 78.1 Å². The van der Waals surface area contributed by atoms with E-state index in [1.807, 2.05) is 36.6 Å². The number of hydrogen-bond donors (Lipinski definition) is 9. The van der Waals surface area contributed by atoms with E-state index in [0.29, 0.717) is 5.75 Å². The molecule has 16 nitrogen and oxygen atoms in total. The van der Waals surface area contributed by atoms with E-state index in [4.69, 9.17) is 17.2 Å². The number of thioether (sulfide) groups is 1. The standard InChI is InChI=1S/C30H48N8O8S/c1-17(2)24(29(45)46)38-28(44)20(10-7-14-34-30(32)33)36-26(42)21(11-12-23(39)40)37-27(43)22(13-15-47-3)35-25(41)19(31)16-18-8-5-4-6-9-18/h4-6,8-9,17,19-22,24H,7,10-16,31H2,1-3H3,(H,35,41)(H,36,42)(H,37,43)(H,38,44)(H,39,40)(H,45,46)(H4,32,33,34)/t19-,20-,21-,22-,24-/m0/s1. The zero-order valence-corrected chi connectivity index (χ0v) is 27.8.